The van der Waals surface area contributed by atoms with E-state index in [1.807, 2.05) is 12.1 Å². The molecule has 0 amide bonds. The molecular formula is C19H22O2. The van der Waals surface area contributed by atoms with Crippen LogP contribution in [0.4, 0.5) is 0 Å². The second-order valence-corrected chi connectivity index (χ2v) is 7.28. The zero-order chi connectivity index (χ0) is 14.6. The Hall–Kier alpha value is -1.57. The summed E-state index contributed by atoms with van der Waals surface area (Å²) in [4.78, 5) is 12.7. The molecule has 3 aliphatic rings. The van der Waals surface area contributed by atoms with Gasteiger partial charge < -0.3 is 4.74 Å². The highest BCUT2D eigenvalue weighted by molar-refractivity contribution is 5.85. The molecule has 0 aromatic heterocycles. The first-order valence-electron chi connectivity index (χ1n) is 7.96. The van der Waals surface area contributed by atoms with Crippen molar-refractivity contribution in [1.82, 2.24) is 0 Å². The molecule has 0 saturated heterocycles. The third kappa shape index (κ3) is 1.88. The summed E-state index contributed by atoms with van der Waals surface area (Å²) in [6, 6.07) is 8.27. The maximum atomic E-state index is 12.7. The molecule has 2 nitrogen and oxygen atoms in total. The highest BCUT2D eigenvalue weighted by Gasteiger charge is 2.54. The van der Waals surface area contributed by atoms with Crippen LogP contribution in [0.3, 0.4) is 0 Å². The zero-order valence-corrected chi connectivity index (χ0v) is 12.7. The average Bonchev–Trinajstić information content (AvgIpc) is 3.08. The van der Waals surface area contributed by atoms with Crippen LogP contribution in [-0.2, 0) is 10.2 Å². The van der Waals surface area contributed by atoms with E-state index < -0.39 is 0 Å². The van der Waals surface area contributed by atoms with Crippen LogP contribution >= 0.6 is 0 Å². The van der Waals surface area contributed by atoms with Gasteiger partial charge in [-0.05, 0) is 53.7 Å². The van der Waals surface area contributed by atoms with Crippen molar-refractivity contribution in [1.29, 1.82) is 0 Å². The minimum absolute atomic E-state index is 0.0366. The van der Waals surface area contributed by atoms with E-state index in [1.165, 1.54) is 12.0 Å². The molecule has 0 aliphatic heterocycles. The number of ketones is 1. The molecule has 0 radical (unpaired) electrons. The molecule has 2 saturated carbocycles. The molecule has 0 heterocycles. The maximum absolute atomic E-state index is 12.7. The van der Waals surface area contributed by atoms with E-state index in [1.54, 1.807) is 7.11 Å². The third-order valence-electron chi connectivity index (χ3n) is 6.01. The molecule has 2 fully saturated rings. The summed E-state index contributed by atoms with van der Waals surface area (Å²) < 4.78 is 5.36. The van der Waals surface area contributed by atoms with Crippen LogP contribution in [0.15, 0.2) is 36.4 Å². The molecule has 5 atom stereocenters. The number of benzene rings is 1. The summed E-state index contributed by atoms with van der Waals surface area (Å²) in [5.41, 5.74) is 1.21. The van der Waals surface area contributed by atoms with Gasteiger partial charge in [-0.2, -0.15) is 0 Å². The summed E-state index contributed by atoms with van der Waals surface area (Å²) in [5.74, 6) is 3.39. The highest BCUT2D eigenvalue weighted by atomic mass is 16.5. The first-order chi connectivity index (χ1) is 10.1. The fourth-order valence-corrected chi connectivity index (χ4v) is 4.99. The predicted octanol–water partition coefficient (Wildman–Crippen LogP) is 3.75. The summed E-state index contributed by atoms with van der Waals surface area (Å²) in [6.45, 7) is 2.26. The van der Waals surface area contributed by atoms with E-state index in [2.05, 4.69) is 31.2 Å². The lowest BCUT2D eigenvalue weighted by molar-refractivity contribution is -0.129. The minimum atomic E-state index is -0.0366. The molecule has 1 aromatic rings. The van der Waals surface area contributed by atoms with Gasteiger partial charge in [-0.1, -0.05) is 31.2 Å². The summed E-state index contributed by atoms with van der Waals surface area (Å²) in [5, 5.41) is 0. The van der Waals surface area contributed by atoms with Crippen molar-refractivity contribution < 1.29 is 9.53 Å². The van der Waals surface area contributed by atoms with Crippen molar-refractivity contribution in [3.05, 3.63) is 42.0 Å². The fraction of sp³-hybridized carbons (Fsp3) is 0.526. The van der Waals surface area contributed by atoms with Crippen molar-refractivity contribution in [3.8, 4) is 5.75 Å². The molecular weight excluding hydrogens is 260 g/mol. The number of allylic oxidation sites excluding steroid dienone is 2. The lowest BCUT2D eigenvalue weighted by Crippen LogP contribution is -2.42. The monoisotopic (exact) mass is 282 g/mol. The third-order valence-corrected chi connectivity index (χ3v) is 6.01. The topological polar surface area (TPSA) is 26.3 Å². The Kier molecular flexibility index (Phi) is 2.79. The first kappa shape index (κ1) is 13.1. The number of hydrogen-bond acceptors (Lipinski definition) is 2. The van der Waals surface area contributed by atoms with Crippen LogP contribution < -0.4 is 4.74 Å². The molecule has 1 aromatic carbocycles. The van der Waals surface area contributed by atoms with Crippen molar-refractivity contribution >= 4 is 5.78 Å². The maximum Gasteiger partial charge on any atom is 0.137 e. The number of hydrogen-bond donors (Lipinski definition) is 0. The molecule has 2 heteroatoms. The molecule has 2 bridgehead atoms. The van der Waals surface area contributed by atoms with Gasteiger partial charge in [0.1, 0.15) is 11.5 Å². The van der Waals surface area contributed by atoms with Gasteiger partial charge in [-0.3, -0.25) is 4.79 Å². The Morgan fingerprint density at radius 2 is 2.05 bits per heavy atom. The van der Waals surface area contributed by atoms with Crippen molar-refractivity contribution in [2.45, 2.75) is 31.6 Å². The van der Waals surface area contributed by atoms with Crippen molar-refractivity contribution in [2.24, 2.45) is 23.7 Å². The normalized spacial score (nSPS) is 40.4. The van der Waals surface area contributed by atoms with Crippen LogP contribution in [-0.4, -0.2) is 12.9 Å². The van der Waals surface area contributed by atoms with Gasteiger partial charge >= 0.3 is 0 Å². The second-order valence-electron chi connectivity index (χ2n) is 7.28. The smallest absolute Gasteiger partial charge is 0.137 e. The molecule has 110 valence electrons. The Labute approximate surface area is 126 Å². The van der Waals surface area contributed by atoms with Gasteiger partial charge in [-0.15, -0.1) is 0 Å². The van der Waals surface area contributed by atoms with Crippen molar-refractivity contribution in [2.75, 3.05) is 7.11 Å². The summed E-state index contributed by atoms with van der Waals surface area (Å²) in [6.07, 6.45) is 7.66. The quantitative estimate of drug-likeness (QED) is 0.772. The summed E-state index contributed by atoms with van der Waals surface area (Å²) in [7, 11) is 1.70. The number of ether oxygens (including phenoxy) is 1. The Balaban J connectivity index is 1.69. The zero-order valence-electron chi connectivity index (χ0n) is 12.7. The number of rotatable bonds is 2. The van der Waals surface area contributed by atoms with Crippen LogP contribution in [0.2, 0.25) is 0 Å². The number of carbonyl (C=O) groups excluding carboxylic acids is 1. The van der Waals surface area contributed by atoms with E-state index in [4.69, 9.17) is 4.74 Å². The van der Waals surface area contributed by atoms with Crippen LogP contribution in [0.1, 0.15) is 31.7 Å². The van der Waals surface area contributed by atoms with E-state index in [0.29, 0.717) is 35.9 Å². The second kappa shape index (κ2) is 4.46. The highest BCUT2D eigenvalue weighted by Crippen LogP contribution is 2.57. The lowest BCUT2D eigenvalue weighted by Gasteiger charge is -2.42. The SMILES string of the molecule is COc1cccc([C@@]2(C)CC(=O)[C@H]3[C@@H](C2)[C@H]2C=C[C@@H]3C2)c1. The Morgan fingerprint density at radius 3 is 2.86 bits per heavy atom. The lowest BCUT2D eigenvalue weighted by atomic mass is 9.60. The van der Waals surface area contributed by atoms with Gasteiger partial charge in [0.2, 0.25) is 0 Å². The molecule has 4 rings (SSSR count). The molecule has 21 heavy (non-hydrogen) atoms. The standard InChI is InChI=1S/C19H22O2/c1-19(14-4-3-5-15(9-14)21-2)10-16-12-6-7-13(8-12)18(16)17(20)11-19/h3-7,9,12-13,16,18H,8,10-11H2,1-2H3/t12-,13+,16-,18+,19+/m0/s1. The number of methoxy groups -OCH3 is 1. The van der Waals surface area contributed by atoms with Gasteiger partial charge in [-0.25, -0.2) is 0 Å². The average molecular weight is 282 g/mol. The molecule has 0 spiro atoms. The van der Waals surface area contributed by atoms with E-state index in [9.17, 15) is 4.79 Å². The number of fused-ring (bicyclic) bond motifs is 5. The van der Waals surface area contributed by atoms with Crippen LogP contribution in [0, 0.1) is 23.7 Å². The molecule has 3 aliphatic carbocycles. The van der Waals surface area contributed by atoms with Gasteiger partial charge in [0.05, 0.1) is 7.11 Å². The van der Waals surface area contributed by atoms with Gasteiger partial charge in [0.25, 0.3) is 0 Å². The number of carbonyl (C=O) groups is 1. The van der Waals surface area contributed by atoms with E-state index >= 15 is 0 Å². The number of Topliss-reactive ketones (excluding diaryl/α,β-unsaturated/α-hetero) is 1. The summed E-state index contributed by atoms with van der Waals surface area (Å²) >= 11 is 0. The molecule has 0 N–H and O–H groups in total. The van der Waals surface area contributed by atoms with E-state index in [0.717, 1.165) is 12.2 Å². The van der Waals surface area contributed by atoms with Crippen LogP contribution in [0.25, 0.3) is 0 Å². The predicted molar refractivity (Wildman–Crippen MR) is 82.3 cm³/mol. The van der Waals surface area contributed by atoms with Gasteiger partial charge in [0, 0.05) is 12.3 Å². The first-order valence-corrected chi connectivity index (χ1v) is 7.96. The fourth-order valence-electron chi connectivity index (χ4n) is 4.99. The largest absolute Gasteiger partial charge is 0.497 e. The minimum Gasteiger partial charge on any atom is -0.497 e. The van der Waals surface area contributed by atoms with Gasteiger partial charge in [0.15, 0.2) is 0 Å². The Morgan fingerprint density at radius 1 is 1.24 bits per heavy atom. The Bertz CT molecular complexity index is 618. The van der Waals surface area contributed by atoms with E-state index in [-0.39, 0.29) is 5.41 Å². The molecule has 0 unspecified atom stereocenters. The van der Waals surface area contributed by atoms with Crippen LogP contribution in [0.5, 0.6) is 5.75 Å². The van der Waals surface area contributed by atoms with Crippen molar-refractivity contribution in [3.63, 3.8) is 0 Å².